The van der Waals surface area contributed by atoms with Crippen LogP contribution >= 0.6 is 0 Å². The van der Waals surface area contributed by atoms with Gasteiger partial charge in [-0.05, 0) is 62.2 Å². The molecule has 0 radical (unpaired) electrons. The first-order valence-corrected chi connectivity index (χ1v) is 10.9. The predicted molar refractivity (Wildman–Crippen MR) is 114 cm³/mol. The Morgan fingerprint density at radius 3 is 2.45 bits per heavy atom. The third kappa shape index (κ3) is 6.06. The van der Waals surface area contributed by atoms with Gasteiger partial charge >= 0.3 is 0 Å². The summed E-state index contributed by atoms with van der Waals surface area (Å²) >= 11 is 0. The first-order valence-electron chi connectivity index (χ1n) is 9.59. The highest BCUT2D eigenvalue weighted by Crippen LogP contribution is 2.16. The van der Waals surface area contributed by atoms with Crippen molar-refractivity contribution >= 4 is 16.7 Å². The van der Waals surface area contributed by atoms with Gasteiger partial charge in [-0.2, -0.15) is 0 Å². The number of benzene rings is 2. The molecule has 0 aliphatic carbocycles. The summed E-state index contributed by atoms with van der Waals surface area (Å²) < 4.78 is 23.4. The van der Waals surface area contributed by atoms with Gasteiger partial charge in [0, 0.05) is 11.4 Å². The minimum absolute atomic E-state index is 0.229. The standard InChI is InChI=1S/C23H25NO4S/c1-3-27-19-8-6-18(7-9-19)14-15-24-23(25)22-13-10-20(28-22)16-29(26)21-11-4-17(2)5-12-21/h4-13H,3,14-16H2,1-2H3,(H,24,25)/t29-/m0/s1. The number of carbonyl (C=O) groups excluding carboxylic acids is 1. The summed E-state index contributed by atoms with van der Waals surface area (Å²) in [7, 11) is -1.21. The molecule has 0 unspecified atom stereocenters. The topological polar surface area (TPSA) is 68.5 Å². The molecular weight excluding hydrogens is 386 g/mol. The van der Waals surface area contributed by atoms with Crippen molar-refractivity contribution in [3.63, 3.8) is 0 Å². The van der Waals surface area contributed by atoms with Crippen LogP contribution in [-0.4, -0.2) is 23.3 Å². The van der Waals surface area contributed by atoms with Crippen LogP contribution in [0.2, 0.25) is 0 Å². The Balaban J connectivity index is 1.48. The molecule has 29 heavy (non-hydrogen) atoms. The summed E-state index contributed by atoms with van der Waals surface area (Å²) in [6.45, 7) is 5.07. The van der Waals surface area contributed by atoms with Crippen molar-refractivity contribution in [2.45, 2.75) is 30.9 Å². The van der Waals surface area contributed by atoms with E-state index in [1.807, 2.05) is 62.4 Å². The van der Waals surface area contributed by atoms with Crippen LogP contribution in [0.5, 0.6) is 5.75 Å². The lowest BCUT2D eigenvalue weighted by Gasteiger charge is -2.06. The second kappa shape index (κ2) is 10.1. The zero-order valence-electron chi connectivity index (χ0n) is 16.6. The fourth-order valence-corrected chi connectivity index (χ4v) is 3.83. The maximum absolute atomic E-state index is 12.4. The molecule has 0 saturated heterocycles. The van der Waals surface area contributed by atoms with E-state index in [0.717, 1.165) is 21.8 Å². The Labute approximate surface area is 173 Å². The Bertz CT molecular complexity index is 961. The van der Waals surface area contributed by atoms with E-state index in [1.165, 1.54) is 0 Å². The Hall–Kier alpha value is -2.86. The van der Waals surface area contributed by atoms with Gasteiger partial charge in [-0.1, -0.05) is 29.8 Å². The zero-order valence-corrected chi connectivity index (χ0v) is 17.5. The summed E-state index contributed by atoms with van der Waals surface area (Å²) in [6, 6.07) is 18.7. The van der Waals surface area contributed by atoms with Gasteiger partial charge in [0.05, 0.1) is 23.2 Å². The highest BCUT2D eigenvalue weighted by atomic mass is 32.2. The third-order valence-electron chi connectivity index (χ3n) is 4.38. The van der Waals surface area contributed by atoms with Crippen LogP contribution < -0.4 is 10.1 Å². The van der Waals surface area contributed by atoms with E-state index >= 15 is 0 Å². The van der Waals surface area contributed by atoms with E-state index in [1.54, 1.807) is 12.1 Å². The molecule has 0 saturated carbocycles. The molecule has 1 amide bonds. The SMILES string of the molecule is CCOc1ccc(CCNC(=O)c2ccc(C[S@](=O)c3ccc(C)cc3)o2)cc1. The maximum Gasteiger partial charge on any atom is 0.287 e. The largest absolute Gasteiger partial charge is 0.494 e. The normalized spacial score (nSPS) is 11.8. The average Bonchev–Trinajstić information content (AvgIpc) is 3.18. The Morgan fingerprint density at radius 1 is 1.03 bits per heavy atom. The lowest BCUT2D eigenvalue weighted by molar-refractivity contribution is 0.0925. The highest BCUT2D eigenvalue weighted by molar-refractivity contribution is 7.84. The molecule has 0 aliphatic rings. The van der Waals surface area contributed by atoms with Crippen LogP contribution in [0, 0.1) is 6.92 Å². The fraction of sp³-hybridized carbons (Fsp3) is 0.261. The monoisotopic (exact) mass is 411 g/mol. The number of nitrogens with one attached hydrogen (secondary N) is 1. The Kier molecular flexibility index (Phi) is 7.25. The van der Waals surface area contributed by atoms with Crippen molar-refractivity contribution in [3.8, 4) is 5.75 Å². The number of aryl methyl sites for hydroxylation is 1. The number of ether oxygens (including phenoxy) is 1. The molecule has 5 nitrogen and oxygen atoms in total. The van der Waals surface area contributed by atoms with Gasteiger partial charge in [0.25, 0.3) is 5.91 Å². The molecule has 0 bridgehead atoms. The second-order valence-corrected chi connectivity index (χ2v) is 8.10. The van der Waals surface area contributed by atoms with Crippen molar-refractivity contribution in [1.82, 2.24) is 5.32 Å². The number of hydrogen-bond acceptors (Lipinski definition) is 4. The van der Waals surface area contributed by atoms with Crippen molar-refractivity contribution in [2.75, 3.05) is 13.2 Å². The molecule has 2 aromatic carbocycles. The Morgan fingerprint density at radius 2 is 1.76 bits per heavy atom. The van der Waals surface area contributed by atoms with Gasteiger partial charge in [-0.15, -0.1) is 0 Å². The molecule has 1 heterocycles. The third-order valence-corrected chi connectivity index (χ3v) is 5.72. The van der Waals surface area contributed by atoms with Crippen LogP contribution in [0.15, 0.2) is 70.0 Å². The molecule has 0 fully saturated rings. The first kappa shape index (κ1) is 20.9. The lowest BCUT2D eigenvalue weighted by atomic mass is 10.1. The lowest BCUT2D eigenvalue weighted by Crippen LogP contribution is -2.25. The summed E-state index contributed by atoms with van der Waals surface area (Å²) in [5.41, 5.74) is 2.23. The summed E-state index contributed by atoms with van der Waals surface area (Å²) in [5, 5.41) is 2.85. The number of hydrogen-bond donors (Lipinski definition) is 1. The summed E-state index contributed by atoms with van der Waals surface area (Å²) in [4.78, 5) is 13.0. The van der Waals surface area contributed by atoms with Gasteiger partial charge in [-0.3, -0.25) is 9.00 Å². The van der Waals surface area contributed by atoms with Crippen LogP contribution in [0.1, 0.15) is 34.4 Å². The minimum Gasteiger partial charge on any atom is -0.494 e. The molecule has 1 aromatic heterocycles. The van der Waals surface area contributed by atoms with E-state index in [0.29, 0.717) is 25.3 Å². The van der Waals surface area contributed by atoms with Gasteiger partial charge in [0.2, 0.25) is 0 Å². The van der Waals surface area contributed by atoms with Crippen molar-refractivity contribution in [3.05, 3.63) is 83.3 Å². The molecule has 152 valence electrons. The quantitative estimate of drug-likeness (QED) is 0.571. The summed E-state index contributed by atoms with van der Waals surface area (Å²) in [5.74, 6) is 1.56. The zero-order chi connectivity index (χ0) is 20.6. The highest BCUT2D eigenvalue weighted by Gasteiger charge is 2.13. The van der Waals surface area contributed by atoms with Gasteiger partial charge in [0.1, 0.15) is 11.5 Å². The van der Waals surface area contributed by atoms with Crippen molar-refractivity contribution in [2.24, 2.45) is 0 Å². The minimum atomic E-state index is -1.21. The van der Waals surface area contributed by atoms with Crippen molar-refractivity contribution < 1.29 is 18.2 Å². The molecular formula is C23H25NO4S. The number of furan rings is 1. The maximum atomic E-state index is 12.4. The number of rotatable bonds is 9. The molecule has 1 N–H and O–H groups in total. The van der Waals surface area contributed by atoms with E-state index in [4.69, 9.17) is 9.15 Å². The molecule has 0 spiro atoms. The van der Waals surface area contributed by atoms with E-state index in [9.17, 15) is 9.00 Å². The van der Waals surface area contributed by atoms with Crippen LogP contribution in [0.4, 0.5) is 0 Å². The fourth-order valence-electron chi connectivity index (χ4n) is 2.81. The van der Waals surface area contributed by atoms with Crippen LogP contribution in [0.3, 0.4) is 0 Å². The molecule has 0 aliphatic heterocycles. The molecule has 3 rings (SSSR count). The van der Waals surface area contributed by atoms with E-state index in [-0.39, 0.29) is 17.4 Å². The predicted octanol–water partition coefficient (Wildman–Crippen LogP) is 4.27. The van der Waals surface area contributed by atoms with Gasteiger partial charge in [-0.25, -0.2) is 0 Å². The van der Waals surface area contributed by atoms with Crippen LogP contribution in [0.25, 0.3) is 0 Å². The molecule has 1 atom stereocenters. The van der Waals surface area contributed by atoms with Gasteiger partial charge in [0.15, 0.2) is 5.76 Å². The molecule has 6 heteroatoms. The van der Waals surface area contributed by atoms with Gasteiger partial charge < -0.3 is 14.5 Å². The average molecular weight is 412 g/mol. The smallest absolute Gasteiger partial charge is 0.287 e. The molecule has 3 aromatic rings. The van der Waals surface area contributed by atoms with Crippen LogP contribution in [-0.2, 0) is 23.0 Å². The van der Waals surface area contributed by atoms with E-state index in [2.05, 4.69) is 5.32 Å². The first-order chi connectivity index (χ1) is 14.0. The second-order valence-electron chi connectivity index (χ2n) is 6.65. The summed E-state index contributed by atoms with van der Waals surface area (Å²) in [6.07, 6.45) is 0.711. The van der Waals surface area contributed by atoms with Crippen molar-refractivity contribution in [1.29, 1.82) is 0 Å². The van der Waals surface area contributed by atoms with E-state index < -0.39 is 10.8 Å². The number of amides is 1. The number of carbonyl (C=O) groups is 1.